The van der Waals surface area contributed by atoms with Crippen molar-refractivity contribution >= 4 is 0 Å². The minimum absolute atomic E-state index is 0.137. The van der Waals surface area contributed by atoms with Gasteiger partial charge in [-0.1, -0.05) is 0 Å². The Morgan fingerprint density at radius 3 is 1.61 bits per heavy atom. The molecule has 0 aromatic carbocycles. The zero-order chi connectivity index (χ0) is 23.1. The van der Waals surface area contributed by atoms with E-state index in [0.29, 0.717) is 24.4 Å². The molecular weight excluding hydrogens is 384 g/mol. The number of rotatable bonds is 4. The summed E-state index contributed by atoms with van der Waals surface area (Å²) in [5, 5.41) is 3.83. The lowest BCUT2D eigenvalue weighted by molar-refractivity contribution is -0.0916. The molecule has 2 aliphatic heterocycles. The van der Waals surface area contributed by atoms with Crippen molar-refractivity contribution in [1.82, 2.24) is 10.2 Å². The highest BCUT2D eigenvalue weighted by atomic mass is 16.5. The second-order valence-corrected chi connectivity index (χ2v) is 13.5. The molecule has 1 N–H and O–H groups in total. The van der Waals surface area contributed by atoms with E-state index < -0.39 is 0 Å². The van der Waals surface area contributed by atoms with Gasteiger partial charge in [-0.2, -0.15) is 0 Å². The second-order valence-electron chi connectivity index (χ2n) is 13.5. The van der Waals surface area contributed by atoms with Crippen LogP contribution in [0.2, 0.25) is 0 Å². The molecule has 0 aromatic heterocycles. The van der Waals surface area contributed by atoms with Crippen LogP contribution in [-0.2, 0) is 9.47 Å². The molecule has 0 bridgehead atoms. The van der Waals surface area contributed by atoms with Crippen LogP contribution in [0.25, 0.3) is 0 Å². The van der Waals surface area contributed by atoms with Crippen LogP contribution in [0, 0.1) is 0 Å². The number of nitrogens with one attached hydrogen (secondary N) is 1. The van der Waals surface area contributed by atoms with Crippen molar-refractivity contribution in [1.29, 1.82) is 0 Å². The average molecular weight is 437 g/mol. The van der Waals surface area contributed by atoms with Crippen LogP contribution in [0.4, 0.5) is 0 Å². The van der Waals surface area contributed by atoms with E-state index in [1.807, 2.05) is 0 Å². The first-order chi connectivity index (χ1) is 14.2. The average Bonchev–Trinajstić information content (AvgIpc) is 2.78. The lowest BCUT2D eigenvalue weighted by atomic mass is 9.92. The molecule has 0 amide bonds. The third kappa shape index (κ3) is 6.91. The summed E-state index contributed by atoms with van der Waals surface area (Å²) in [4.78, 5) is 2.57. The molecule has 3 aliphatic rings. The van der Waals surface area contributed by atoms with Crippen molar-refractivity contribution in [2.24, 2.45) is 0 Å². The predicted molar refractivity (Wildman–Crippen MR) is 131 cm³/mol. The molecule has 1 saturated carbocycles. The third-order valence-corrected chi connectivity index (χ3v) is 8.52. The van der Waals surface area contributed by atoms with Gasteiger partial charge in [-0.15, -0.1) is 0 Å². The van der Waals surface area contributed by atoms with E-state index in [4.69, 9.17) is 9.47 Å². The summed E-state index contributed by atoms with van der Waals surface area (Å²) in [5.74, 6) is 0. The Morgan fingerprint density at radius 1 is 0.581 bits per heavy atom. The van der Waals surface area contributed by atoms with Crippen LogP contribution in [-0.4, -0.2) is 58.5 Å². The van der Waals surface area contributed by atoms with E-state index in [9.17, 15) is 0 Å². The first kappa shape index (κ1) is 25.5. The monoisotopic (exact) mass is 436 g/mol. The van der Waals surface area contributed by atoms with E-state index in [-0.39, 0.29) is 22.2 Å². The van der Waals surface area contributed by atoms with Crippen molar-refractivity contribution in [3.8, 4) is 0 Å². The molecule has 4 nitrogen and oxygen atoms in total. The van der Waals surface area contributed by atoms with Crippen molar-refractivity contribution < 1.29 is 9.47 Å². The first-order valence-electron chi connectivity index (χ1n) is 13.0. The zero-order valence-corrected chi connectivity index (χ0v) is 22.1. The normalized spacial score (nSPS) is 38.2. The van der Waals surface area contributed by atoms with E-state index >= 15 is 0 Å². The van der Waals surface area contributed by atoms with Gasteiger partial charge >= 0.3 is 0 Å². The first-order valence-corrected chi connectivity index (χ1v) is 13.0. The number of hydrogen-bond acceptors (Lipinski definition) is 4. The van der Waals surface area contributed by atoms with Gasteiger partial charge in [0.15, 0.2) is 0 Å². The van der Waals surface area contributed by atoms with Crippen molar-refractivity contribution in [3.63, 3.8) is 0 Å². The van der Waals surface area contributed by atoms with Gasteiger partial charge in [-0.25, -0.2) is 0 Å². The molecule has 0 aromatic rings. The lowest BCUT2D eigenvalue weighted by Crippen LogP contribution is -2.52. The smallest absolute Gasteiger partial charge is 0.0597 e. The van der Waals surface area contributed by atoms with Gasteiger partial charge in [0.25, 0.3) is 0 Å². The summed E-state index contributed by atoms with van der Waals surface area (Å²) in [5.41, 5.74) is 0.753. The molecule has 3 fully saturated rings. The summed E-state index contributed by atoms with van der Waals surface area (Å²) < 4.78 is 13.4. The number of nitrogens with zero attached hydrogens (tertiary/aromatic N) is 1. The minimum atomic E-state index is 0.137. The second kappa shape index (κ2) is 9.24. The molecule has 2 unspecified atom stereocenters. The molecule has 182 valence electrons. The Kier molecular flexibility index (Phi) is 7.59. The van der Waals surface area contributed by atoms with Gasteiger partial charge in [0.1, 0.15) is 0 Å². The number of ether oxygens (including phenoxy) is 2. The summed E-state index contributed by atoms with van der Waals surface area (Å²) in [6.45, 7) is 18.8. The maximum atomic E-state index is 6.72. The highest BCUT2D eigenvalue weighted by Crippen LogP contribution is 2.38. The van der Waals surface area contributed by atoms with E-state index in [0.717, 1.165) is 38.5 Å². The summed E-state index contributed by atoms with van der Waals surface area (Å²) in [7, 11) is 2.29. The molecule has 2 saturated heterocycles. The van der Waals surface area contributed by atoms with Gasteiger partial charge in [0, 0.05) is 22.2 Å². The Bertz CT molecular complexity index is 590. The molecule has 1 aliphatic carbocycles. The highest BCUT2D eigenvalue weighted by Gasteiger charge is 2.41. The van der Waals surface area contributed by atoms with Gasteiger partial charge in [0.2, 0.25) is 0 Å². The van der Waals surface area contributed by atoms with Gasteiger partial charge in [0.05, 0.1) is 24.4 Å². The van der Waals surface area contributed by atoms with Gasteiger partial charge in [-0.05, 0) is 127 Å². The van der Waals surface area contributed by atoms with Crippen LogP contribution in [0.1, 0.15) is 120 Å². The molecule has 0 radical (unpaired) electrons. The molecular formula is C27H52N2O2. The van der Waals surface area contributed by atoms with Crippen LogP contribution in [0.15, 0.2) is 0 Å². The fraction of sp³-hybridized carbons (Fsp3) is 1.00. The third-order valence-electron chi connectivity index (χ3n) is 8.52. The molecule has 2 atom stereocenters. The molecule has 2 heterocycles. The SMILES string of the molecule is CN1C(C)(C)CCC(OC2CCC(OC3CCC(C)(C)NC(C)(C)C3)CC2)CC1(C)C. The zero-order valence-electron chi connectivity index (χ0n) is 22.1. The van der Waals surface area contributed by atoms with E-state index in [2.05, 4.69) is 72.7 Å². The Balaban J connectivity index is 1.48. The molecule has 31 heavy (non-hydrogen) atoms. The topological polar surface area (TPSA) is 33.7 Å². The number of hydrogen-bond donors (Lipinski definition) is 1. The Hall–Kier alpha value is -0.160. The molecule has 4 heteroatoms. The lowest BCUT2D eigenvalue weighted by Gasteiger charge is -2.45. The fourth-order valence-electron chi connectivity index (χ4n) is 6.60. The Labute approximate surface area is 193 Å². The fourth-order valence-corrected chi connectivity index (χ4v) is 6.60. The van der Waals surface area contributed by atoms with Crippen molar-refractivity contribution in [2.75, 3.05) is 7.05 Å². The quantitative estimate of drug-likeness (QED) is 0.580. The minimum Gasteiger partial charge on any atom is -0.375 e. The molecule has 0 spiro atoms. The molecule has 3 rings (SSSR count). The van der Waals surface area contributed by atoms with E-state index in [1.54, 1.807) is 0 Å². The summed E-state index contributed by atoms with van der Waals surface area (Å²) in [6, 6.07) is 0. The van der Waals surface area contributed by atoms with Gasteiger partial charge in [-0.3, -0.25) is 4.90 Å². The Morgan fingerprint density at radius 2 is 1.06 bits per heavy atom. The largest absolute Gasteiger partial charge is 0.375 e. The maximum Gasteiger partial charge on any atom is 0.0597 e. The standard InChI is InChI=1S/C27H52N2O2/c1-24(2)16-14-22(18-25(3,4)28-24)30-20-10-12-21(13-11-20)31-23-15-17-26(5,6)29(9)27(7,8)19-23/h20-23,28H,10-19H2,1-9H3. The van der Waals surface area contributed by atoms with Crippen molar-refractivity contribution in [2.45, 2.75) is 166 Å². The van der Waals surface area contributed by atoms with Crippen molar-refractivity contribution in [3.05, 3.63) is 0 Å². The number of likely N-dealkylation sites (tertiary alicyclic amines) is 1. The summed E-state index contributed by atoms with van der Waals surface area (Å²) >= 11 is 0. The van der Waals surface area contributed by atoms with Crippen LogP contribution < -0.4 is 5.32 Å². The van der Waals surface area contributed by atoms with E-state index in [1.165, 1.54) is 25.7 Å². The maximum absolute atomic E-state index is 6.72. The van der Waals surface area contributed by atoms with Crippen LogP contribution >= 0.6 is 0 Å². The predicted octanol–water partition coefficient (Wildman–Crippen LogP) is 6.07. The van der Waals surface area contributed by atoms with Crippen LogP contribution in [0.3, 0.4) is 0 Å². The summed E-state index contributed by atoms with van der Waals surface area (Å²) in [6.07, 6.45) is 13.2. The van der Waals surface area contributed by atoms with Crippen LogP contribution in [0.5, 0.6) is 0 Å². The van der Waals surface area contributed by atoms with Gasteiger partial charge < -0.3 is 14.8 Å². The highest BCUT2D eigenvalue weighted by molar-refractivity contribution is 4.97.